The third-order valence-corrected chi connectivity index (χ3v) is 3.25. The Kier molecular flexibility index (Phi) is 5.41. The van der Waals surface area contributed by atoms with Gasteiger partial charge >= 0.3 is 0 Å². The van der Waals surface area contributed by atoms with E-state index in [2.05, 4.69) is 5.32 Å². The minimum atomic E-state index is -0.437. The predicted molar refractivity (Wildman–Crippen MR) is 82.7 cm³/mol. The number of carbonyl (C=O) groups is 2. The van der Waals surface area contributed by atoms with Crippen LogP contribution >= 0.6 is 0 Å². The smallest absolute Gasteiger partial charge is 0.240 e. The predicted octanol–water partition coefficient (Wildman–Crippen LogP) is 2.63. The molecule has 0 fully saturated rings. The van der Waals surface area contributed by atoms with E-state index in [1.807, 2.05) is 0 Å². The molecule has 0 aromatic heterocycles. The molecule has 0 aliphatic rings. The Bertz CT molecular complexity index is 702. The lowest BCUT2D eigenvalue weighted by molar-refractivity contribution is -0.123. The number of nitrogens with zero attached hydrogens (tertiary/aromatic N) is 1. The first-order valence-corrected chi connectivity index (χ1v) is 7.01. The van der Waals surface area contributed by atoms with Gasteiger partial charge in [-0.25, -0.2) is 8.78 Å². The summed E-state index contributed by atoms with van der Waals surface area (Å²) in [6.07, 6.45) is 0. The highest BCUT2D eigenvalue weighted by molar-refractivity contribution is 5.97. The van der Waals surface area contributed by atoms with Crippen molar-refractivity contribution in [2.75, 3.05) is 11.4 Å². The zero-order valence-corrected chi connectivity index (χ0v) is 12.6. The molecule has 0 atom stereocenters. The van der Waals surface area contributed by atoms with Crippen LogP contribution in [0.25, 0.3) is 0 Å². The van der Waals surface area contributed by atoms with E-state index in [4.69, 9.17) is 0 Å². The highest BCUT2D eigenvalue weighted by Gasteiger charge is 2.16. The van der Waals surface area contributed by atoms with Crippen LogP contribution in [0.2, 0.25) is 0 Å². The lowest BCUT2D eigenvalue weighted by Gasteiger charge is -2.20. The maximum absolute atomic E-state index is 13.5. The van der Waals surface area contributed by atoms with E-state index in [1.54, 1.807) is 18.2 Å². The molecule has 2 amide bonds. The van der Waals surface area contributed by atoms with Crippen LogP contribution < -0.4 is 10.2 Å². The monoisotopic (exact) mass is 318 g/mol. The average molecular weight is 318 g/mol. The van der Waals surface area contributed by atoms with Crippen LogP contribution in [0.15, 0.2) is 48.5 Å². The van der Waals surface area contributed by atoms with Gasteiger partial charge in [0.1, 0.15) is 18.2 Å². The molecule has 120 valence electrons. The topological polar surface area (TPSA) is 49.4 Å². The van der Waals surface area contributed by atoms with E-state index in [1.165, 1.54) is 42.2 Å². The minimum Gasteiger partial charge on any atom is -0.350 e. The fraction of sp³-hybridized carbons (Fsp3) is 0.176. The SMILES string of the molecule is CC(=O)N(CC(=O)NCc1ccccc1F)c1ccc(F)cc1. The van der Waals surface area contributed by atoms with Crippen LogP contribution in [-0.2, 0) is 16.1 Å². The first-order valence-electron chi connectivity index (χ1n) is 7.01. The average Bonchev–Trinajstić information content (AvgIpc) is 2.52. The van der Waals surface area contributed by atoms with Crippen LogP contribution in [0.4, 0.5) is 14.5 Å². The standard InChI is InChI=1S/C17H16F2N2O2/c1-12(22)21(15-8-6-14(18)7-9-15)11-17(23)20-10-13-4-2-3-5-16(13)19/h2-9H,10-11H2,1H3,(H,20,23). The molecule has 0 aliphatic carbocycles. The number of carbonyl (C=O) groups excluding carboxylic acids is 2. The van der Waals surface area contributed by atoms with Crippen molar-refractivity contribution in [1.82, 2.24) is 5.32 Å². The number of amides is 2. The molecule has 0 unspecified atom stereocenters. The lowest BCUT2D eigenvalue weighted by atomic mass is 10.2. The zero-order valence-electron chi connectivity index (χ0n) is 12.6. The second kappa shape index (κ2) is 7.49. The summed E-state index contributed by atoms with van der Waals surface area (Å²) >= 11 is 0. The van der Waals surface area contributed by atoms with Gasteiger partial charge in [-0.05, 0) is 30.3 Å². The van der Waals surface area contributed by atoms with Crippen LogP contribution in [0.1, 0.15) is 12.5 Å². The van der Waals surface area contributed by atoms with E-state index in [9.17, 15) is 18.4 Å². The molecule has 0 spiro atoms. The molecule has 2 aromatic carbocycles. The minimum absolute atomic E-state index is 0.0284. The Morgan fingerprint density at radius 3 is 2.30 bits per heavy atom. The molecule has 6 heteroatoms. The fourth-order valence-corrected chi connectivity index (χ4v) is 2.04. The Labute approximate surface area is 132 Å². The molecule has 2 aromatic rings. The summed E-state index contributed by atoms with van der Waals surface area (Å²) < 4.78 is 26.4. The lowest BCUT2D eigenvalue weighted by Crippen LogP contribution is -2.39. The van der Waals surface area contributed by atoms with Crippen LogP contribution in [0, 0.1) is 11.6 Å². The number of anilines is 1. The second-order valence-corrected chi connectivity index (χ2v) is 4.95. The van der Waals surface area contributed by atoms with Crippen molar-refractivity contribution in [2.45, 2.75) is 13.5 Å². The number of halogens is 2. The van der Waals surface area contributed by atoms with Crippen molar-refractivity contribution in [3.63, 3.8) is 0 Å². The first-order chi connectivity index (χ1) is 11.0. The van der Waals surface area contributed by atoms with Gasteiger partial charge in [-0.15, -0.1) is 0 Å². The molecule has 0 bridgehead atoms. The third kappa shape index (κ3) is 4.60. The maximum atomic E-state index is 13.5. The number of hydrogen-bond acceptors (Lipinski definition) is 2. The van der Waals surface area contributed by atoms with Crippen molar-refractivity contribution in [3.05, 3.63) is 65.7 Å². The highest BCUT2D eigenvalue weighted by atomic mass is 19.1. The van der Waals surface area contributed by atoms with E-state index in [0.29, 0.717) is 11.3 Å². The van der Waals surface area contributed by atoms with Gasteiger partial charge in [-0.3, -0.25) is 9.59 Å². The zero-order chi connectivity index (χ0) is 16.8. The largest absolute Gasteiger partial charge is 0.350 e. The third-order valence-electron chi connectivity index (χ3n) is 3.25. The summed E-state index contributed by atoms with van der Waals surface area (Å²) in [6.45, 7) is 1.11. The summed E-state index contributed by atoms with van der Waals surface area (Å²) in [5.74, 6) is -1.62. The van der Waals surface area contributed by atoms with Crippen LogP contribution in [0.3, 0.4) is 0 Å². The van der Waals surface area contributed by atoms with Crippen molar-refractivity contribution < 1.29 is 18.4 Å². The quantitative estimate of drug-likeness (QED) is 0.921. The Morgan fingerprint density at radius 1 is 1.04 bits per heavy atom. The first kappa shape index (κ1) is 16.6. The van der Waals surface area contributed by atoms with E-state index in [0.717, 1.165) is 0 Å². The molecule has 23 heavy (non-hydrogen) atoms. The number of hydrogen-bond donors (Lipinski definition) is 1. The Balaban J connectivity index is 2.00. The van der Waals surface area contributed by atoms with E-state index < -0.39 is 17.5 Å². The molecule has 0 saturated carbocycles. The summed E-state index contributed by atoms with van der Waals surface area (Å²) in [4.78, 5) is 24.9. The van der Waals surface area contributed by atoms with Crippen LogP contribution in [-0.4, -0.2) is 18.4 Å². The molecular weight excluding hydrogens is 302 g/mol. The normalized spacial score (nSPS) is 10.2. The summed E-state index contributed by atoms with van der Waals surface area (Å²) in [7, 11) is 0. The molecule has 0 aliphatic heterocycles. The highest BCUT2D eigenvalue weighted by Crippen LogP contribution is 2.15. The summed E-state index contributed by atoms with van der Waals surface area (Å²) in [5.41, 5.74) is 0.775. The van der Waals surface area contributed by atoms with Crippen molar-refractivity contribution in [1.29, 1.82) is 0 Å². The van der Waals surface area contributed by atoms with Gasteiger partial charge in [0, 0.05) is 24.7 Å². The maximum Gasteiger partial charge on any atom is 0.240 e. The van der Waals surface area contributed by atoms with Gasteiger partial charge in [0.15, 0.2) is 0 Å². The van der Waals surface area contributed by atoms with Crippen LogP contribution in [0.5, 0.6) is 0 Å². The van der Waals surface area contributed by atoms with Gasteiger partial charge < -0.3 is 10.2 Å². The molecular formula is C17H16F2N2O2. The Morgan fingerprint density at radius 2 is 1.70 bits per heavy atom. The van der Waals surface area contributed by atoms with Gasteiger partial charge in [-0.1, -0.05) is 18.2 Å². The molecule has 2 rings (SSSR count). The summed E-state index contributed by atoms with van der Waals surface area (Å²) in [6, 6.07) is 11.4. The molecule has 0 heterocycles. The van der Waals surface area contributed by atoms with Crippen molar-refractivity contribution in [2.24, 2.45) is 0 Å². The second-order valence-electron chi connectivity index (χ2n) is 4.95. The molecule has 1 N–H and O–H groups in total. The summed E-state index contributed by atoms with van der Waals surface area (Å²) in [5, 5.41) is 2.56. The van der Waals surface area contributed by atoms with E-state index >= 15 is 0 Å². The van der Waals surface area contributed by atoms with Crippen molar-refractivity contribution >= 4 is 17.5 Å². The van der Waals surface area contributed by atoms with Gasteiger partial charge in [-0.2, -0.15) is 0 Å². The molecule has 0 saturated heterocycles. The van der Waals surface area contributed by atoms with Crippen molar-refractivity contribution in [3.8, 4) is 0 Å². The molecule has 4 nitrogen and oxygen atoms in total. The van der Waals surface area contributed by atoms with Gasteiger partial charge in [0.25, 0.3) is 0 Å². The number of benzene rings is 2. The van der Waals surface area contributed by atoms with Gasteiger partial charge in [0.2, 0.25) is 11.8 Å². The molecule has 0 radical (unpaired) electrons. The van der Waals surface area contributed by atoms with E-state index in [-0.39, 0.29) is 19.0 Å². The Hall–Kier alpha value is -2.76. The van der Waals surface area contributed by atoms with Gasteiger partial charge in [0.05, 0.1) is 0 Å². The fourth-order valence-electron chi connectivity index (χ4n) is 2.04. The number of nitrogens with one attached hydrogen (secondary N) is 1. The number of rotatable bonds is 5.